The fourth-order valence-corrected chi connectivity index (χ4v) is 2.55. The summed E-state index contributed by atoms with van der Waals surface area (Å²) in [7, 11) is 0. The molecule has 2 rings (SSSR count). The summed E-state index contributed by atoms with van der Waals surface area (Å²) in [6.45, 7) is 11.3. The van der Waals surface area contributed by atoms with Crippen LogP contribution >= 0.6 is 0 Å². The number of hydrogen-bond acceptors (Lipinski definition) is 3. The molecule has 0 atom stereocenters. The number of hydrogen-bond donors (Lipinski definition) is 1. The van der Waals surface area contributed by atoms with Gasteiger partial charge in [0.15, 0.2) is 0 Å². The summed E-state index contributed by atoms with van der Waals surface area (Å²) >= 11 is 0. The van der Waals surface area contributed by atoms with E-state index in [9.17, 15) is 0 Å². The number of anilines is 2. The van der Waals surface area contributed by atoms with Gasteiger partial charge in [0.2, 0.25) is 0 Å². The van der Waals surface area contributed by atoms with Crippen LogP contribution in [0.1, 0.15) is 30.7 Å². The number of rotatable bonds is 6. The summed E-state index contributed by atoms with van der Waals surface area (Å²) < 4.78 is 0. The number of nitrogens with zero attached hydrogens (tertiary/aromatic N) is 2. The van der Waals surface area contributed by atoms with Crippen LogP contribution in [0, 0.1) is 13.8 Å². The molecular weight excluding hydrogens is 258 g/mol. The van der Waals surface area contributed by atoms with Crippen LogP contribution in [0.2, 0.25) is 0 Å². The number of aromatic nitrogens is 1. The molecule has 0 fully saturated rings. The van der Waals surface area contributed by atoms with Crippen LogP contribution in [0.4, 0.5) is 11.5 Å². The first-order chi connectivity index (χ1) is 10.2. The van der Waals surface area contributed by atoms with E-state index in [1.54, 1.807) is 0 Å². The predicted molar refractivity (Wildman–Crippen MR) is 90.2 cm³/mol. The van der Waals surface area contributed by atoms with Crippen molar-refractivity contribution < 1.29 is 0 Å². The average molecular weight is 283 g/mol. The molecule has 112 valence electrons. The Bertz CT molecular complexity index is 593. The number of aryl methyl sites for hydroxylation is 2. The van der Waals surface area contributed by atoms with Gasteiger partial charge in [-0.2, -0.15) is 0 Å². The number of nitrogens with one attached hydrogen (secondary N) is 1. The minimum Gasteiger partial charge on any atom is -0.326 e. The van der Waals surface area contributed by atoms with Crippen molar-refractivity contribution in [3.05, 3.63) is 53.2 Å². The van der Waals surface area contributed by atoms with Crippen molar-refractivity contribution in [1.82, 2.24) is 10.3 Å². The summed E-state index contributed by atoms with van der Waals surface area (Å²) in [5, 5.41) is 3.38. The molecule has 1 N–H and O–H groups in total. The van der Waals surface area contributed by atoms with Crippen LogP contribution in [0.3, 0.4) is 0 Å². The first-order valence-corrected chi connectivity index (χ1v) is 7.67. The minimum atomic E-state index is 0.887. The van der Waals surface area contributed by atoms with E-state index < -0.39 is 0 Å². The van der Waals surface area contributed by atoms with Gasteiger partial charge in [-0.25, -0.2) is 4.98 Å². The van der Waals surface area contributed by atoms with Crippen molar-refractivity contribution in [2.45, 2.75) is 34.2 Å². The van der Waals surface area contributed by atoms with E-state index in [1.165, 1.54) is 16.8 Å². The number of para-hydroxylation sites is 1. The highest BCUT2D eigenvalue weighted by Gasteiger charge is 2.12. The van der Waals surface area contributed by atoms with Crippen LogP contribution in [0.25, 0.3) is 0 Å². The van der Waals surface area contributed by atoms with Crippen LogP contribution in [-0.2, 0) is 6.54 Å². The Morgan fingerprint density at radius 2 is 1.86 bits per heavy atom. The molecule has 3 heteroatoms. The second-order valence-corrected chi connectivity index (χ2v) is 5.29. The summed E-state index contributed by atoms with van der Waals surface area (Å²) in [5.74, 6) is 1.03. The van der Waals surface area contributed by atoms with Gasteiger partial charge in [0.05, 0.1) is 0 Å². The quantitative estimate of drug-likeness (QED) is 0.869. The standard InChI is InChI=1S/C18H25N3/c1-5-19-13-16-11-15(4)20-18(12-16)21(6-2)17-10-8-7-9-14(17)3/h7-12,19H,5-6,13H2,1-4H3. The number of pyridine rings is 1. The first kappa shape index (κ1) is 15.5. The third-order valence-electron chi connectivity index (χ3n) is 3.58. The summed E-state index contributed by atoms with van der Waals surface area (Å²) in [6.07, 6.45) is 0. The highest BCUT2D eigenvalue weighted by atomic mass is 15.2. The van der Waals surface area contributed by atoms with E-state index in [1.807, 2.05) is 0 Å². The average Bonchev–Trinajstić information content (AvgIpc) is 2.47. The minimum absolute atomic E-state index is 0.887. The Balaban J connectivity index is 2.38. The largest absolute Gasteiger partial charge is 0.326 e. The lowest BCUT2D eigenvalue weighted by Crippen LogP contribution is -2.20. The first-order valence-electron chi connectivity index (χ1n) is 7.67. The van der Waals surface area contributed by atoms with Crippen molar-refractivity contribution in [2.75, 3.05) is 18.0 Å². The monoisotopic (exact) mass is 283 g/mol. The van der Waals surface area contributed by atoms with Crippen molar-refractivity contribution in [3.8, 4) is 0 Å². The van der Waals surface area contributed by atoms with Gasteiger partial charge >= 0.3 is 0 Å². The molecular formula is C18H25N3. The normalized spacial score (nSPS) is 10.7. The third kappa shape index (κ3) is 3.82. The second kappa shape index (κ2) is 7.23. The van der Waals surface area contributed by atoms with E-state index in [0.717, 1.165) is 31.1 Å². The molecule has 0 aliphatic rings. The Morgan fingerprint density at radius 3 is 2.52 bits per heavy atom. The van der Waals surface area contributed by atoms with E-state index in [0.29, 0.717) is 0 Å². The highest BCUT2D eigenvalue weighted by molar-refractivity contribution is 5.64. The lowest BCUT2D eigenvalue weighted by molar-refractivity contribution is 0.724. The molecule has 1 heterocycles. The lowest BCUT2D eigenvalue weighted by Gasteiger charge is -2.25. The van der Waals surface area contributed by atoms with Crippen LogP contribution in [0.5, 0.6) is 0 Å². The molecule has 0 aliphatic heterocycles. The van der Waals surface area contributed by atoms with Gasteiger partial charge in [-0.1, -0.05) is 25.1 Å². The van der Waals surface area contributed by atoms with E-state index in [4.69, 9.17) is 4.98 Å². The Hall–Kier alpha value is -1.87. The molecule has 0 aliphatic carbocycles. The van der Waals surface area contributed by atoms with Gasteiger partial charge in [0.25, 0.3) is 0 Å². The fourth-order valence-electron chi connectivity index (χ4n) is 2.55. The lowest BCUT2D eigenvalue weighted by atomic mass is 10.1. The Labute approximate surface area is 128 Å². The Morgan fingerprint density at radius 1 is 1.10 bits per heavy atom. The second-order valence-electron chi connectivity index (χ2n) is 5.29. The molecule has 21 heavy (non-hydrogen) atoms. The molecule has 2 aromatic rings. The van der Waals surface area contributed by atoms with Gasteiger partial charge in [-0.05, 0) is 56.6 Å². The van der Waals surface area contributed by atoms with Gasteiger partial charge in [-0.15, -0.1) is 0 Å². The third-order valence-corrected chi connectivity index (χ3v) is 3.58. The molecule has 0 amide bonds. The summed E-state index contributed by atoms with van der Waals surface area (Å²) in [4.78, 5) is 7.00. The van der Waals surface area contributed by atoms with Gasteiger partial charge in [0, 0.05) is 24.5 Å². The Kier molecular flexibility index (Phi) is 5.34. The maximum atomic E-state index is 4.73. The zero-order chi connectivity index (χ0) is 15.2. The van der Waals surface area contributed by atoms with Gasteiger partial charge in [-0.3, -0.25) is 0 Å². The zero-order valence-electron chi connectivity index (χ0n) is 13.5. The van der Waals surface area contributed by atoms with Crippen molar-refractivity contribution in [2.24, 2.45) is 0 Å². The highest BCUT2D eigenvalue weighted by Crippen LogP contribution is 2.27. The molecule has 0 saturated carbocycles. The molecule has 0 radical (unpaired) electrons. The van der Waals surface area contributed by atoms with E-state index in [2.05, 4.69) is 74.3 Å². The van der Waals surface area contributed by atoms with Crippen LogP contribution < -0.4 is 10.2 Å². The van der Waals surface area contributed by atoms with Crippen molar-refractivity contribution in [3.63, 3.8) is 0 Å². The van der Waals surface area contributed by atoms with Crippen molar-refractivity contribution >= 4 is 11.5 Å². The van der Waals surface area contributed by atoms with E-state index >= 15 is 0 Å². The summed E-state index contributed by atoms with van der Waals surface area (Å²) in [6, 6.07) is 12.8. The fraction of sp³-hybridized carbons (Fsp3) is 0.389. The van der Waals surface area contributed by atoms with Gasteiger partial charge < -0.3 is 10.2 Å². The molecule has 0 saturated heterocycles. The maximum Gasteiger partial charge on any atom is 0.133 e. The van der Waals surface area contributed by atoms with E-state index in [-0.39, 0.29) is 0 Å². The van der Waals surface area contributed by atoms with Crippen molar-refractivity contribution in [1.29, 1.82) is 0 Å². The molecule has 0 spiro atoms. The molecule has 3 nitrogen and oxygen atoms in total. The molecule has 0 bridgehead atoms. The number of benzene rings is 1. The predicted octanol–water partition coefficient (Wildman–Crippen LogP) is 3.97. The van der Waals surface area contributed by atoms with Crippen LogP contribution in [0.15, 0.2) is 36.4 Å². The summed E-state index contributed by atoms with van der Waals surface area (Å²) in [5.41, 5.74) is 4.85. The smallest absolute Gasteiger partial charge is 0.133 e. The van der Waals surface area contributed by atoms with Gasteiger partial charge in [0.1, 0.15) is 5.82 Å². The molecule has 1 aromatic heterocycles. The maximum absolute atomic E-state index is 4.73. The zero-order valence-corrected chi connectivity index (χ0v) is 13.5. The molecule has 0 unspecified atom stereocenters. The topological polar surface area (TPSA) is 28.2 Å². The van der Waals surface area contributed by atoms with Crippen LogP contribution in [-0.4, -0.2) is 18.1 Å². The molecule has 1 aromatic carbocycles. The SMILES string of the molecule is CCNCc1cc(C)nc(N(CC)c2ccccc2C)c1.